The first kappa shape index (κ1) is 12.5. The molecule has 0 aliphatic carbocycles. The molecule has 0 radical (unpaired) electrons. The maximum atomic E-state index is 10.9. The largest absolute Gasteiger partial charge is 0.460 e. The number of ether oxygens (including phenoxy) is 1. The number of rotatable bonds is 0. The number of esters is 1. The third-order valence-corrected chi connectivity index (χ3v) is 1.75. The van der Waals surface area contributed by atoms with Gasteiger partial charge in [0.15, 0.2) is 0 Å². The Labute approximate surface area is 81.7 Å². The van der Waals surface area contributed by atoms with Crippen LogP contribution in [0.2, 0.25) is 0 Å². The standard InChI is InChI=1S/C8H14O2.C3H8/c1-6-4-7(9)10-8(2,3)5-6;1-3-2/h6H,4-5H2,1-3H3;3H2,1-2H3/t6-;/m0./s1. The van der Waals surface area contributed by atoms with E-state index in [0.717, 1.165) is 6.42 Å². The first-order chi connectivity index (χ1) is 5.91. The molecule has 0 spiro atoms. The van der Waals surface area contributed by atoms with Gasteiger partial charge in [-0.1, -0.05) is 27.2 Å². The van der Waals surface area contributed by atoms with Gasteiger partial charge in [-0.2, -0.15) is 0 Å². The van der Waals surface area contributed by atoms with E-state index >= 15 is 0 Å². The van der Waals surface area contributed by atoms with E-state index in [0.29, 0.717) is 12.3 Å². The Morgan fingerprint density at radius 1 is 1.46 bits per heavy atom. The molecule has 1 atom stereocenters. The Balaban J connectivity index is 0.000000424. The van der Waals surface area contributed by atoms with Crippen molar-refractivity contribution in [1.82, 2.24) is 0 Å². The van der Waals surface area contributed by atoms with Crippen LogP contribution >= 0.6 is 0 Å². The molecule has 0 N–H and O–H groups in total. The van der Waals surface area contributed by atoms with Crippen molar-refractivity contribution >= 4 is 5.97 Å². The minimum absolute atomic E-state index is 0.0521. The maximum Gasteiger partial charge on any atom is 0.306 e. The Kier molecular flexibility index (Phi) is 5.04. The number of carbonyl (C=O) groups excluding carboxylic acids is 1. The molecular weight excluding hydrogens is 164 g/mol. The van der Waals surface area contributed by atoms with Crippen LogP contribution in [0.15, 0.2) is 0 Å². The van der Waals surface area contributed by atoms with Gasteiger partial charge in [0.2, 0.25) is 0 Å². The lowest BCUT2D eigenvalue weighted by Gasteiger charge is -2.32. The monoisotopic (exact) mass is 186 g/mol. The molecule has 2 nitrogen and oxygen atoms in total. The summed E-state index contributed by atoms with van der Waals surface area (Å²) in [6.45, 7) is 10.3. The van der Waals surface area contributed by atoms with Crippen molar-refractivity contribution in [1.29, 1.82) is 0 Å². The molecule has 1 aliphatic heterocycles. The second-order valence-electron chi connectivity index (χ2n) is 4.45. The number of hydrogen-bond acceptors (Lipinski definition) is 2. The Morgan fingerprint density at radius 2 is 1.92 bits per heavy atom. The molecule has 1 rings (SSSR count). The summed E-state index contributed by atoms with van der Waals surface area (Å²) in [6, 6.07) is 0. The van der Waals surface area contributed by atoms with Crippen LogP contribution in [0.1, 0.15) is 53.9 Å². The first-order valence-electron chi connectivity index (χ1n) is 5.13. The molecule has 13 heavy (non-hydrogen) atoms. The molecule has 0 aromatic heterocycles. The van der Waals surface area contributed by atoms with Gasteiger partial charge in [-0.05, 0) is 26.2 Å². The van der Waals surface area contributed by atoms with Crippen LogP contribution in [0.25, 0.3) is 0 Å². The van der Waals surface area contributed by atoms with Crippen LogP contribution < -0.4 is 0 Å². The fourth-order valence-electron chi connectivity index (χ4n) is 1.59. The summed E-state index contributed by atoms with van der Waals surface area (Å²) in [6.07, 6.45) is 2.82. The maximum absolute atomic E-state index is 10.9. The zero-order valence-electron chi connectivity index (χ0n) is 9.52. The van der Waals surface area contributed by atoms with E-state index < -0.39 is 0 Å². The van der Waals surface area contributed by atoms with Crippen LogP contribution in [-0.4, -0.2) is 11.6 Å². The number of hydrogen-bond donors (Lipinski definition) is 0. The van der Waals surface area contributed by atoms with E-state index in [1.807, 2.05) is 13.8 Å². The molecule has 0 aromatic rings. The summed E-state index contributed by atoms with van der Waals surface area (Å²) in [5.41, 5.74) is -0.227. The Hall–Kier alpha value is -0.530. The van der Waals surface area contributed by atoms with E-state index in [4.69, 9.17) is 4.74 Å². The van der Waals surface area contributed by atoms with Crippen molar-refractivity contribution in [2.45, 2.75) is 59.5 Å². The molecule has 0 unspecified atom stereocenters. The van der Waals surface area contributed by atoms with Gasteiger partial charge in [-0.15, -0.1) is 0 Å². The highest BCUT2D eigenvalue weighted by Gasteiger charge is 2.31. The molecule has 1 heterocycles. The minimum Gasteiger partial charge on any atom is -0.460 e. The van der Waals surface area contributed by atoms with Crippen molar-refractivity contribution in [2.75, 3.05) is 0 Å². The first-order valence-corrected chi connectivity index (χ1v) is 5.13. The summed E-state index contributed by atoms with van der Waals surface area (Å²) in [5, 5.41) is 0. The molecule has 1 aliphatic rings. The normalized spacial score (nSPS) is 25.6. The number of carbonyl (C=O) groups is 1. The van der Waals surface area contributed by atoms with Crippen molar-refractivity contribution in [3.05, 3.63) is 0 Å². The van der Waals surface area contributed by atoms with E-state index in [1.54, 1.807) is 0 Å². The molecule has 1 saturated heterocycles. The van der Waals surface area contributed by atoms with E-state index in [-0.39, 0.29) is 11.6 Å². The van der Waals surface area contributed by atoms with E-state index in [9.17, 15) is 4.79 Å². The van der Waals surface area contributed by atoms with Gasteiger partial charge in [-0.25, -0.2) is 0 Å². The topological polar surface area (TPSA) is 26.3 Å². The summed E-state index contributed by atoms with van der Waals surface area (Å²) < 4.78 is 5.11. The van der Waals surface area contributed by atoms with Crippen molar-refractivity contribution in [3.8, 4) is 0 Å². The van der Waals surface area contributed by atoms with Crippen molar-refractivity contribution < 1.29 is 9.53 Å². The van der Waals surface area contributed by atoms with Crippen molar-refractivity contribution in [2.24, 2.45) is 5.92 Å². The Bertz CT molecular complexity index is 161. The smallest absolute Gasteiger partial charge is 0.306 e. The average molecular weight is 186 g/mol. The van der Waals surface area contributed by atoms with Crippen LogP contribution in [0.3, 0.4) is 0 Å². The van der Waals surface area contributed by atoms with Crippen LogP contribution in [0.4, 0.5) is 0 Å². The molecule has 2 heteroatoms. The fraction of sp³-hybridized carbons (Fsp3) is 0.909. The van der Waals surface area contributed by atoms with Crippen LogP contribution in [0, 0.1) is 5.92 Å². The quantitative estimate of drug-likeness (QED) is 0.543. The second-order valence-corrected chi connectivity index (χ2v) is 4.45. The molecule has 0 saturated carbocycles. The van der Waals surface area contributed by atoms with Crippen LogP contribution in [-0.2, 0) is 9.53 Å². The third kappa shape index (κ3) is 5.67. The predicted molar refractivity (Wildman–Crippen MR) is 54.5 cm³/mol. The second kappa shape index (κ2) is 5.25. The highest BCUT2D eigenvalue weighted by Crippen LogP contribution is 2.28. The summed E-state index contributed by atoms with van der Waals surface area (Å²) in [7, 11) is 0. The van der Waals surface area contributed by atoms with Gasteiger partial charge in [0.25, 0.3) is 0 Å². The van der Waals surface area contributed by atoms with E-state index in [2.05, 4.69) is 20.8 Å². The lowest BCUT2D eigenvalue weighted by molar-refractivity contribution is -0.166. The molecule has 0 amide bonds. The van der Waals surface area contributed by atoms with Gasteiger partial charge >= 0.3 is 5.97 Å². The highest BCUT2D eigenvalue weighted by molar-refractivity contribution is 5.70. The summed E-state index contributed by atoms with van der Waals surface area (Å²) >= 11 is 0. The third-order valence-electron chi connectivity index (χ3n) is 1.75. The Morgan fingerprint density at radius 3 is 2.23 bits per heavy atom. The minimum atomic E-state index is -0.227. The molecule has 0 bridgehead atoms. The fourth-order valence-corrected chi connectivity index (χ4v) is 1.59. The lowest BCUT2D eigenvalue weighted by Crippen LogP contribution is -2.36. The van der Waals surface area contributed by atoms with Crippen molar-refractivity contribution in [3.63, 3.8) is 0 Å². The molecular formula is C11H22O2. The van der Waals surface area contributed by atoms with Gasteiger partial charge < -0.3 is 4.74 Å². The van der Waals surface area contributed by atoms with Gasteiger partial charge in [0, 0.05) is 6.42 Å². The zero-order valence-corrected chi connectivity index (χ0v) is 9.52. The highest BCUT2D eigenvalue weighted by atomic mass is 16.6. The van der Waals surface area contributed by atoms with Gasteiger partial charge in [0.1, 0.15) is 5.60 Å². The predicted octanol–water partition coefficient (Wildman–Crippen LogP) is 3.15. The van der Waals surface area contributed by atoms with Crippen LogP contribution in [0.5, 0.6) is 0 Å². The van der Waals surface area contributed by atoms with Gasteiger partial charge in [-0.3, -0.25) is 4.79 Å². The van der Waals surface area contributed by atoms with E-state index in [1.165, 1.54) is 6.42 Å². The average Bonchev–Trinajstić information content (AvgIpc) is 1.81. The number of cyclic esters (lactones) is 1. The molecule has 1 fully saturated rings. The lowest BCUT2D eigenvalue weighted by atomic mass is 9.90. The zero-order chi connectivity index (χ0) is 10.5. The summed E-state index contributed by atoms with van der Waals surface area (Å²) in [5.74, 6) is 0.431. The molecule has 0 aromatic carbocycles. The van der Waals surface area contributed by atoms with Gasteiger partial charge in [0.05, 0.1) is 0 Å². The summed E-state index contributed by atoms with van der Waals surface area (Å²) in [4.78, 5) is 10.9. The molecule has 78 valence electrons. The SMILES string of the molecule is CCC.C[C@H]1CC(=O)OC(C)(C)C1.